The molecule has 3 heterocycles. The maximum absolute atomic E-state index is 2.63. The largest absolute Gasteiger partial charge is 0.333 e. The number of benzene rings is 10. The Morgan fingerprint density at radius 3 is 1.75 bits per heavy atom. The first-order valence-electron chi connectivity index (χ1n) is 24.9. The van der Waals surface area contributed by atoms with Crippen molar-refractivity contribution in [1.82, 2.24) is 4.57 Å². The van der Waals surface area contributed by atoms with Gasteiger partial charge in [0.25, 0.3) is 0 Å². The summed E-state index contributed by atoms with van der Waals surface area (Å²) in [5, 5.41) is 10.2. The van der Waals surface area contributed by atoms with Gasteiger partial charge < -0.3 is 9.47 Å². The molecular formula is C68H48N2S. The number of hydrogen-bond donors (Lipinski definition) is 0. The van der Waals surface area contributed by atoms with Crippen LogP contribution >= 0.6 is 11.3 Å². The zero-order valence-corrected chi connectivity index (χ0v) is 39.9. The summed E-state index contributed by atoms with van der Waals surface area (Å²) in [7, 11) is 0. The van der Waals surface area contributed by atoms with E-state index in [9.17, 15) is 0 Å². The van der Waals surface area contributed by atoms with Crippen LogP contribution in [0.3, 0.4) is 0 Å². The topological polar surface area (TPSA) is 8.17 Å². The van der Waals surface area contributed by atoms with E-state index in [0.29, 0.717) is 0 Å². The average molecular weight is 925 g/mol. The van der Waals surface area contributed by atoms with Crippen LogP contribution in [0.15, 0.2) is 243 Å². The van der Waals surface area contributed by atoms with Crippen LogP contribution in [0.1, 0.15) is 36.1 Å². The lowest BCUT2D eigenvalue weighted by molar-refractivity contribution is 0.666. The molecule has 0 amide bonds. The van der Waals surface area contributed by atoms with Crippen molar-refractivity contribution >= 4 is 76.6 Å². The van der Waals surface area contributed by atoms with E-state index in [1.807, 2.05) is 11.3 Å². The molecule has 0 spiro atoms. The fraction of sp³-hybridized carbons (Fsp3) is 0.0588. The first-order chi connectivity index (χ1) is 35.2. The van der Waals surface area contributed by atoms with Gasteiger partial charge in [0.1, 0.15) is 0 Å². The second kappa shape index (κ2) is 17.2. The van der Waals surface area contributed by atoms with Gasteiger partial charge in [-0.15, -0.1) is 11.3 Å². The highest BCUT2D eigenvalue weighted by Gasteiger charge is 2.31. The Labute approximate surface area is 417 Å². The molecule has 2 unspecified atom stereocenters. The Bertz CT molecular complexity index is 4100. The molecule has 0 N–H and O–H groups in total. The molecule has 2 aromatic heterocycles. The third-order valence-electron chi connectivity index (χ3n) is 15.1. The fourth-order valence-corrected chi connectivity index (χ4v) is 13.1. The smallest absolute Gasteiger partial charge is 0.0626 e. The van der Waals surface area contributed by atoms with Gasteiger partial charge in [0.05, 0.1) is 12.1 Å². The van der Waals surface area contributed by atoms with Gasteiger partial charge in [-0.05, 0) is 126 Å². The summed E-state index contributed by atoms with van der Waals surface area (Å²) >= 11 is 1.89. The van der Waals surface area contributed by atoms with Gasteiger partial charge in [0.2, 0.25) is 0 Å². The summed E-state index contributed by atoms with van der Waals surface area (Å²) in [6, 6.07) is 87.9. The highest BCUT2D eigenvalue weighted by Crippen LogP contribution is 2.47. The zero-order valence-electron chi connectivity index (χ0n) is 39.1. The van der Waals surface area contributed by atoms with Gasteiger partial charge in [-0.3, -0.25) is 0 Å². The Kier molecular flexibility index (Phi) is 10.0. The molecule has 1 aliphatic carbocycles. The first kappa shape index (κ1) is 41.5. The SMILES string of the molecule is C1=C(c2ccccc2)N(c2ccc3c(-c4cccc5sc6ccccc6c45)c4c(c(-c5cccc6ccccc56)c3c2)=CCC(n2c(-c3ccccc3)ccc2-c2ccccc2)C=4)C(c2ccccc2)C1. The summed E-state index contributed by atoms with van der Waals surface area (Å²) in [4.78, 5) is 2.61. The summed E-state index contributed by atoms with van der Waals surface area (Å²) in [5.74, 6) is 0. The van der Waals surface area contributed by atoms with Crippen molar-refractivity contribution in [3.63, 3.8) is 0 Å². The summed E-state index contributed by atoms with van der Waals surface area (Å²) in [6.45, 7) is 0. The molecule has 2 aliphatic rings. The molecule has 336 valence electrons. The second-order valence-corrected chi connectivity index (χ2v) is 20.1. The predicted octanol–water partition coefficient (Wildman–Crippen LogP) is 17.0. The highest BCUT2D eigenvalue weighted by atomic mass is 32.1. The first-order valence-corrected chi connectivity index (χ1v) is 25.7. The normalized spacial score (nSPS) is 15.5. The van der Waals surface area contributed by atoms with Gasteiger partial charge in [-0.25, -0.2) is 0 Å². The number of hydrogen-bond acceptors (Lipinski definition) is 2. The number of fused-ring (bicyclic) bond motifs is 6. The van der Waals surface area contributed by atoms with Crippen LogP contribution in [0.4, 0.5) is 5.69 Å². The van der Waals surface area contributed by atoms with Crippen LogP contribution in [0.25, 0.3) is 104 Å². The van der Waals surface area contributed by atoms with E-state index in [4.69, 9.17) is 0 Å². The quantitative estimate of drug-likeness (QED) is 0.147. The lowest BCUT2D eigenvalue weighted by atomic mass is 9.83. The lowest BCUT2D eigenvalue weighted by Gasteiger charge is -2.32. The van der Waals surface area contributed by atoms with Gasteiger partial charge in [0, 0.05) is 42.9 Å². The van der Waals surface area contributed by atoms with Crippen molar-refractivity contribution in [3.8, 4) is 44.8 Å². The van der Waals surface area contributed by atoms with Crippen molar-refractivity contribution in [2.75, 3.05) is 4.90 Å². The number of anilines is 1. The van der Waals surface area contributed by atoms with Crippen LogP contribution in [0, 0.1) is 0 Å². The molecule has 12 aromatic rings. The predicted molar refractivity (Wildman–Crippen MR) is 303 cm³/mol. The van der Waals surface area contributed by atoms with Crippen molar-refractivity contribution in [2.45, 2.75) is 24.9 Å². The van der Waals surface area contributed by atoms with Gasteiger partial charge in [-0.1, -0.05) is 218 Å². The lowest BCUT2D eigenvalue weighted by Crippen LogP contribution is -2.34. The van der Waals surface area contributed by atoms with Crippen LogP contribution in [-0.2, 0) is 0 Å². The molecule has 0 fully saturated rings. The molecule has 2 nitrogen and oxygen atoms in total. The summed E-state index contributed by atoms with van der Waals surface area (Å²) < 4.78 is 5.22. The third-order valence-corrected chi connectivity index (χ3v) is 16.2. The summed E-state index contributed by atoms with van der Waals surface area (Å²) in [5.41, 5.74) is 14.9. The molecule has 10 aromatic carbocycles. The van der Waals surface area contributed by atoms with Gasteiger partial charge in [-0.2, -0.15) is 0 Å². The number of aromatic nitrogens is 1. The van der Waals surface area contributed by atoms with E-state index < -0.39 is 0 Å². The van der Waals surface area contributed by atoms with Crippen LogP contribution in [0.2, 0.25) is 0 Å². The van der Waals surface area contributed by atoms with E-state index in [0.717, 1.165) is 12.8 Å². The molecule has 3 heteroatoms. The maximum atomic E-state index is 2.63. The maximum Gasteiger partial charge on any atom is 0.0626 e. The monoisotopic (exact) mass is 924 g/mol. The Hall–Kier alpha value is -8.50. The van der Waals surface area contributed by atoms with E-state index in [1.54, 1.807) is 0 Å². The van der Waals surface area contributed by atoms with Gasteiger partial charge in [0.15, 0.2) is 0 Å². The van der Waals surface area contributed by atoms with Gasteiger partial charge >= 0.3 is 0 Å². The van der Waals surface area contributed by atoms with Crippen LogP contribution in [-0.4, -0.2) is 4.57 Å². The van der Waals surface area contributed by atoms with Crippen LogP contribution < -0.4 is 15.3 Å². The molecule has 1 aliphatic heterocycles. The fourth-order valence-electron chi connectivity index (χ4n) is 12.0. The van der Waals surface area contributed by atoms with E-state index >= 15 is 0 Å². The summed E-state index contributed by atoms with van der Waals surface area (Å²) in [6.07, 6.45) is 9.41. The van der Waals surface area contributed by atoms with Crippen molar-refractivity contribution < 1.29 is 0 Å². The average Bonchev–Trinajstić information content (AvgIpc) is 4.20. The Balaban J connectivity index is 1.12. The Morgan fingerprint density at radius 1 is 0.408 bits per heavy atom. The highest BCUT2D eigenvalue weighted by molar-refractivity contribution is 7.25. The molecule has 2 atom stereocenters. The number of nitrogens with zero attached hydrogens (tertiary/aromatic N) is 2. The minimum absolute atomic E-state index is 0.0342. The van der Waals surface area contributed by atoms with Crippen molar-refractivity contribution in [2.24, 2.45) is 0 Å². The molecule has 0 bridgehead atoms. The standard InChI is InChI=1S/C68H48N2S/c1-5-20-46(21-6-1)60-39-40-61(47-22-7-2-8-23-47)69(60)50-36-38-55-58(43-50)66(53-31-17-28-45-19-13-14-29-52(45)53)54-37-35-51(70-62(48-24-9-3-10-25-48)41-42-63(70)49-26-11-4-12-27-49)44-59(54)67(55)57-32-18-34-65-68(57)56-30-15-16-33-64(56)71-65/h1-34,36-39,41-44,51,61H,35,40H2. The Morgan fingerprint density at radius 2 is 1.00 bits per heavy atom. The molecule has 0 saturated heterocycles. The molecule has 0 saturated carbocycles. The van der Waals surface area contributed by atoms with E-state index in [1.165, 1.54) is 119 Å². The minimum atomic E-state index is 0.0342. The van der Waals surface area contributed by atoms with Crippen molar-refractivity contribution in [3.05, 3.63) is 264 Å². The zero-order chi connectivity index (χ0) is 46.8. The molecule has 0 radical (unpaired) electrons. The molecule has 71 heavy (non-hydrogen) atoms. The van der Waals surface area contributed by atoms with Crippen LogP contribution in [0.5, 0.6) is 0 Å². The number of thiophene rings is 1. The minimum Gasteiger partial charge on any atom is -0.333 e. The van der Waals surface area contributed by atoms with E-state index in [2.05, 4.69) is 264 Å². The molecule has 14 rings (SSSR count). The van der Waals surface area contributed by atoms with E-state index in [-0.39, 0.29) is 12.1 Å². The molecular weight excluding hydrogens is 877 g/mol. The van der Waals surface area contributed by atoms with Crippen molar-refractivity contribution in [1.29, 1.82) is 0 Å². The number of rotatable bonds is 8. The second-order valence-electron chi connectivity index (χ2n) is 19.0. The third kappa shape index (κ3) is 6.91.